The Morgan fingerprint density at radius 1 is 1.20 bits per heavy atom. The van der Waals surface area contributed by atoms with Crippen LogP contribution in [0.5, 0.6) is 0 Å². The van der Waals surface area contributed by atoms with E-state index in [9.17, 15) is 31.1 Å². The van der Waals surface area contributed by atoms with Gasteiger partial charge in [-0.25, -0.2) is 0 Å². The molecule has 0 aromatic heterocycles. The summed E-state index contributed by atoms with van der Waals surface area (Å²) in [5, 5.41) is 0. The number of hydrogen-bond acceptors (Lipinski definition) is 3. The number of likely N-dealkylation sites (N-methyl/N-ethyl adjacent to an activating group) is 1. The number of rotatable bonds is 3. The Morgan fingerprint density at radius 2 is 1.80 bits per heavy atom. The van der Waals surface area contributed by atoms with Gasteiger partial charge in [-0.2, -0.15) is 26.3 Å². The summed E-state index contributed by atoms with van der Waals surface area (Å²) in [7, 11) is 3.38. The first-order chi connectivity index (χ1) is 11.4. The third-order valence-corrected chi connectivity index (χ3v) is 4.61. The van der Waals surface area contributed by atoms with E-state index in [4.69, 9.17) is 0 Å². The van der Waals surface area contributed by atoms with Crippen LogP contribution in [-0.4, -0.2) is 56.1 Å². The molecular weight excluding hydrogens is 370 g/mol. The largest absolute Gasteiger partial charge is 0.404 e. The first-order valence-electron chi connectivity index (χ1n) is 7.26. The Bertz CT molecular complexity index is 630. The van der Waals surface area contributed by atoms with Crippen LogP contribution in [0.25, 0.3) is 0 Å². The van der Waals surface area contributed by atoms with E-state index in [1.165, 1.54) is 4.90 Å². The standard InChI is InChI=1S/C15H16F6N2OS/c1-22(2)8-12(24)23-5-6-25-11-7-9(3-4-10(11)23)13(14(16,17)18)15(19,20)21/h3-4,7,13H,5-6,8H2,1-2H3. The maximum Gasteiger partial charge on any atom is 0.404 e. The number of benzene rings is 1. The number of hydrogen-bond donors (Lipinski definition) is 0. The zero-order valence-corrected chi connectivity index (χ0v) is 14.2. The number of carbonyl (C=O) groups excluding carboxylic acids is 1. The monoisotopic (exact) mass is 386 g/mol. The van der Waals surface area contributed by atoms with Crippen LogP contribution in [0, 0.1) is 0 Å². The molecule has 0 aliphatic carbocycles. The van der Waals surface area contributed by atoms with Crippen molar-refractivity contribution in [3.8, 4) is 0 Å². The fraction of sp³-hybridized carbons (Fsp3) is 0.533. The molecule has 25 heavy (non-hydrogen) atoms. The number of amides is 1. The molecule has 1 aromatic carbocycles. The van der Waals surface area contributed by atoms with Crippen LogP contribution in [-0.2, 0) is 4.79 Å². The number of halogens is 6. The second-order valence-electron chi connectivity index (χ2n) is 5.88. The smallest absolute Gasteiger partial charge is 0.309 e. The van der Waals surface area contributed by atoms with Gasteiger partial charge < -0.3 is 9.80 Å². The lowest BCUT2D eigenvalue weighted by atomic mass is 9.97. The van der Waals surface area contributed by atoms with Crippen molar-refractivity contribution in [1.82, 2.24) is 4.90 Å². The van der Waals surface area contributed by atoms with E-state index in [0.29, 0.717) is 18.0 Å². The van der Waals surface area contributed by atoms with Gasteiger partial charge in [0.05, 0.1) is 12.2 Å². The van der Waals surface area contributed by atoms with Gasteiger partial charge in [0, 0.05) is 17.2 Å². The van der Waals surface area contributed by atoms with Crippen LogP contribution in [0.4, 0.5) is 32.0 Å². The highest BCUT2D eigenvalue weighted by Crippen LogP contribution is 2.48. The Hall–Kier alpha value is -1.42. The lowest BCUT2D eigenvalue weighted by Gasteiger charge is -2.31. The van der Waals surface area contributed by atoms with Crippen molar-refractivity contribution in [2.75, 3.05) is 37.8 Å². The molecule has 1 amide bonds. The SMILES string of the molecule is CN(C)CC(=O)N1CCSc2cc(C(C(F)(F)F)C(F)(F)F)ccc21. The van der Waals surface area contributed by atoms with E-state index in [1.54, 1.807) is 19.0 Å². The Kier molecular flexibility index (Phi) is 5.62. The van der Waals surface area contributed by atoms with Gasteiger partial charge in [-0.05, 0) is 31.8 Å². The van der Waals surface area contributed by atoms with Crippen LogP contribution in [0.1, 0.15) is 11.5 Å². The van der Waals surface area contributed by atoms with E-state index in [2.05, 4.69) is 0 Å². The molecule has 0 atom stereocenters. The third-order valence-electron chi connectivity index (χ3n) is 3.59. The summed E-state index contributed by atoms with van der Waals surface area (Å²) in [4.78, 5) is 15.5. The van der Waals surface area contributed by atoms with Gasteiger partial charge in [-0.1, -0.05) is 6.07 Å². The number of carbonyl (C=O) groups is 1. The van der Waals surface area contributed by atoms with Crippen molar-refractivity contribution in [3.63, 3.8) is 0 Å². The highest BCUT2D eigenvalue weighted by molar-refractivity contribution is 7.99. The fourth-order valence-electron chi connectivity index (χ4n) is 2.59. The average molecular weight is 386 g/mol. The summed E-state index contributed by atoms with van der Waals surface area (Å²) >= 11 is 1.14. The topological polar surface area (TPSA) is 23.6 Å². The molecule has 0 saturated heterocycles. The summed E-state index contributed by atoms with van der Waals surface area (Å²) in [5.74, 6) is -3.40. The van der Waals surface area contributed by atoms with Crippen molar-refractivity contribution in [2.24, 2.45) is 0 Å². The number of thioether (sulfide) groups is 1. The van der Waals surface area contributed by atoms with Gasteiger partial charge in [-0.15, -0.1) is 11.8 Å². The van der Waals surface area contributed by atoms with E-state index in [-0.39, 0.29) is 17.3 Å². The maximum atomic E-state index is 12.9. The summed E-state index contributed by atoms with van der Waals surface area (Å²) in [6.45, 7) is 0.450. The molecule has 140 valence electrons. The minimum Gasteiger partial charge on any atom is -0.309 e. The molecule has 0 spiro atoms. The Morgan fingerprint density at radius 3 is 2.32 bits per heavy atom. The van der Waals surface area contributed by atoms with E-state index in [0.717, 1.165) is 30.0 Å². The third kappa shape index (κ3) is 4.60. The Balaban J connectivity index is 2.40. The maximum absolute atomic E-state index is 12.9. The fourth-order valence-corrected chi connectivity index (χ4v) is 3.63. The second-order valence-corrected chi connectivity index (χ2v) is 7.01. The van der Waals surface area contributed by atoms with Gasteiger partial charge in [0.25, 0.3) is 0 Å². The first kappa shape index (κ1) is 19.9. The van der Waals surface area contributed by atoms with Gasteiger partial charge in [0.15, 0.2) is 5.92 Å². The summed E-state index contributed by atoms with van der Waals surface area (Å²) in [6.07, 6.45) is -10.9. The molecule has 3 nitrogen and oxygen atoms in total. The predicted octanol–water partition coefficient (Wildman–Crippen LogP) is 3.90. The second kappa shape index (κ2) is 7.06. The summed E-state index contributed by atoms with van der Waals surface area (Å²) < 4.78 is 77.3. The molecule has 0 bridgehead atoms. The molecule has 0 fully saturated rings. The van der Waals surface area contributed by atoms with Crippen molar-refractivity contribution in [1.29, 1.82) is 0 Å². The van der Waals surface area contributed by atoms with Gasteiger partial charge in [0.2, 0.25) is 5.91 Å². The lowest BCUT2D eigenvalue weighted by molar-refractivity contribution is -0.253. The quantitative estimate of drug-likeness (QED) is 0.737. The molecule has 1 aliphatic heterocycles. The van der Waals surface area contributed by atoms with Crippen LogP contribution in [0.2, 0.25) is 0 Å². The number of alkyl halides is 6. The highest BCUT2D eigenvalue weighted by atomic mass is 32.2. The van der Waals surface area contributed by atoms with Crippen molar-refractivity contribution < 1.29 is 31.1 Å². The minimum absolute atomic E-state index is 0.0968. The van der Waals surface area contributed by atoms with Crippen molar-refractivity contribution in [2.45, 2.75) is 23.2 Å². The molecule has 0 N–H and O–H groups in total. The molecule has 2 rings (SSSR count). The number of nitrogens with zero attached hydrogens (tertiary/aromatic N) is 2. The van der Waals surface area contributed by atoms with Crippen molar-refractivity contribution in [3.05, 3.63) is 23.8 Å². The Labute approximate surface area is 145 Å². The predicted molar refractivity (Wildman–Crippen MR) is 82.9 cm³/mol. The van der Waals surface area contributed by atoms with Crippen molar-refractivity contribution >= 4 is 23.4 Å². The summed E-state index contributed by atoms with van der Waals surface area (Å²) in [6, 6.07) is 2.85. The number of anilines is 1. The first-order valence-corrected chi connectivity index (χ1v) is 8.25. The molecule has 0 unspecified atom stereocenters. The molecule has 10 heteroatoms. The zero-order chi connectivity index (χ0) is 19.0. The van der Waals surface area contributed by atoms with Gasteiger partial charge >= 0.3 is 12.4 Å². The average Bonchev–Trinajstić information content (AvgIpc) is 2.42. The van der Waals surface area contributed by atoms with Crippen LogP contribution in [0.3, 0.4) is 0 Å². The van der Waals surface area contributed by atoms with E-state index < -0.39 is 23.8 Å². The molecule has 1 heterocycles. The highest BCUT2D eigenvalue weighted by Gasteiger charge is 2.57. The lowest BCUT2D eigenvalue weighted by Crippen LogP contribution is -2.41. The minimum atomic E-state index is -5.44. The van der Waals surface area contributed by atoms with Crippen LogP contribution >= 0.6 is 11.8 Å². The molecule has 0 saturated carbocycles. The molecule has 1 aliphatic rings. The number of fused-ring (bicyclic) bond motifs is 1. The molecule has 1 aromatic rings. The molecule has 0 radical (unpaired) electrons. The van der Waals surface area contributed by atoms with Crippen LogP contribution < -0.4 is 4.90 Å². The normalized spacial score (nSPS) is 15.7. The van der Waals surface area contributed by atoms with Crippen LogP contribution in [0.15, 0.2) is 23.1 Å². The summed E-state index contributed by atoms with van der Waals surface area (Å²) in [5.41, 5.74) is -0.525. The molecular formula is C15H16F6N2OS. The van der Waals surface area contributed by atoms with E-state index in [1.807, 2.05) is 0 Å². The van der Waals surface area contributed by atoms with Gasteiger partial charge in [0.1, 0.15) is 0 Å². The van der Waals surface area contributed by atoms with Gasteiger partial charge in [-0.3, -0.25) is 4.79 Å². The van der Waals surface area contributed by atoms with E-state index >= 15 is 0 Å². The zero-order valence-electron chi connectivity index (χ0n) is 13.4.